The minimum atomic E-state index is -5.00. The van der Waals surface area contributed by atoms with E-state index in [9.17, 15) is 43.2 Å². The van der Waals surface area contributed by atoms with E-state index in [0.717, 1.165) is 122 Å². The number of ether oxygens (including phenoxy) is 4. The lowest BCUT2D eigenvalue weighted by Gasteiger charge is -2.21. The SMILES string of the molecule is CCCCC/C=C\C/C=C\C/C=C\C/C=C\CCCC(=O)OC[C@H](COP(=O)(O)OC[C@H](O)COP(=O)(O)OC[C@@H](COC(=O)CCC/C=C\C/C=C\C/C=C\C/C=C\CCCCC)OC(=O)CCCCCCCCCCCCCCCCCCC)OC(=O)CCCCCCC/C=C\C/C=C\CCCCC. The molecular weight excluding hydrogens is 1380 g/mol. The fourth-order valence-electron chi connectivity index (χ4n) is 11.0. The van der Waals surface area contributed by atoms with Gasteiger partial charge in [0.05, 0.1) is 26.4 Å². The van der Waals surface area contributed by atoms with Gasteiger partial charge < -0.3 is 33.8 Å². The van der Waals surface area contributed by atoms with Crippen molar-refractivity contribution in [3.63, 3.8) is 0 Å². The van der Waals surface area contributed by atoms with E-state index in [4.69, 9.17) is 37.0 Å². The first kappa shape index (κ1) is 101. The summed E-state index contributed by atoms with van der Waals surface area (Å²) in [6, 6.07) is 0. The van der Waals surface area contributed by atoms with Gasteiger partial charge in [-0.2, -0.15) is 0 Å². The van der Waals surface area contributed by atoms with Crippen LogP contribution in [0, 0.1) is 0 Å². The van der Waals surface area contributed by atoms with E-state index < -0.39 is 97.5 Å². The van der Waals surface area contributed by atoms with Crippen LogP contribution in [0.2, 0.25) is 0 Å². The third kappa shape index (κ3) is 77.6. The molecule has 0 aromatic carbocycles. The molecule has 0 heterocycles. The predicted octanol–water partition coefficient (Wildman–Crippen LogP) is 24.7. The Labute approximate surface area is 644 Å². The summed E-state index contributed by atoms with van der Waals surface area (Å²) in [5.41, 5.74) is 0. The van der Waals surface area contributed by atoms with E-state index in [0.29, 0.717) is 38.5 Å². The van der Waals surface area contributed by atoms with Crippen LogP contribution >= 0.6 is 15.6 Å². The van der Waals surface area contributed by atoms with E-state index >= 15 is 0 Å². The minimum absolute atomic E-state index is 0.0646. The number of rotatable bonds is 78. The molecule has 0 saturated heterocycles. The third-order valence-corrected chi connectivity index (χ3v) is 19.3. The standard InChI is InChI=1S/C87H150O17P2/c1-5-9-13-17-21-25-29-33-37-40-44-47-51-55-59-63-67-71-84(89)97-77-82(103-86(91)73-69-65-61-57-53-49-43-36-32-28-24-20-16-12-8-4)79-101-105(93,94)99-75-81(88)76-100-106(95,96)102-80-83(104-87(92)74-70-66-62-58-54-50-46-42-39-35-31-27-23-19-15-11-7-3)78-98-85(90)72-68-64-60-56-52-48-45-41-38-34-30-26-22-18-14-10-6-2/h21-22,24-26,28,33-34,36-38,43-45,47-48,55-56,59-60,81-83,88H,5-20,23,27,29-32,35,39-42,46,49-54,57-58,61-80H2,1-4H3,(H,93,94)(H,95,96)/b25-21-,26-22-,28-24-,37-33-,38-34-,43-36-,47-44-,48-45-,59-55-,60-56-/t81-,82+,83+/m0/s1. The summed E-state index contributed by atoms with van der Waals surface area (Å²) in [4.78, 5) is 73.1. The van der Waals surface area contributed by atoms with Gasteiger partial charge in [-0.3, -0.25) is 37.3 Å². The molecule has 0 amide bonds. The van der Waals surface area contributed by atoms with E-state index in [1.807, 2.05) is 24.3 Å². The maximum Gasteiger partial charge on any atom is 0.472 e. The number of carbonyl (C=O) groups is 4. The summed E-state index contributed by atoms with van der Waals surface area (Å²) in [6.45, 7) is 4.70. The zero-order valence-electron chi connectivity index (χ0n) is 66.8. The van der Waals surface area contributed by atoms with Crippen molar-refractivity contribution in [2.45, 2.75) is 367 Å². The second kappa shape index (κ2) is 78.6. The van der Waals surface area contributed by atoms with Gasteiger partial charge in [-0.15, -0.1) is 0 Å². The Morgan fingerprint density at radius 1 is 0.264 bits per heavy atom. The van der Waals surface area contributed by atoms with Gasteiger partial charge in [0.15, 0.2) is 12.2 Å². The number of unbranched alkanes of at least 4 members (excludes halogenated alkanes) is 32. The molecule has 0 aliphatic heterocycles. The monoisotopic (exact) mass is 1530 g/mol. The molecule has 0 aliphatic carbocycles. The second-order valence-corrected chi connectivity index (χ2v) is 30.6. The van der Waals surface area contributed by atoms with Crippen LogP contribution in [0.3, 0.4) is 0 Å². The molecule has 17 nitrogen and oxygen atoms in total. The lowest BCUT2D eigenvalue weighted by molar-refractivity contribution is -0.161. The molecule has 0 aliphatic rings. The predicted molar refractivity (Wildman–Crippen MR) is 436 cm³/mol. The number of aliphatic hydroxyl groups excluding tert-OH is 1. The molecule has 2 unspecified atom stereocenters. The van der Waals surface area contributed by atoms with Crippen LogP contribution in [0.15, 0.2) is 122 Å². The van der Waals surface area contributed by atoms with Gasteiger partial charge >= 0.3 is 39.5 Å². The highest BCUT2D eigenvalue weighted by Crippen LogP contribution is 2.45. The number of carbonyl (C=O) groups excluding carboxylic acids is 4. The number of esters is 4. The first-order valence-electron chi connectivity index (χ1n) is 41.8. The smallest absolute Gasteiger partial charge is 0.462 e. The number of hydrogen-bond donors (Lipinski definition) is 3. The highest BCUT2D eigenvalue weighted by molar-refractivity contribution is 7.47. The van der Waals surface area contributed by atoms with Gasteiger partial charge in [-0.05, 0) is 135 Å². The lowest BCUT2D eigenvalue weighted by Crippen LogP contribution is -2.30. The topological polar surface area (TPSA) is 237 Å². The zero-order valence-corrected chi connectivity index (χ0v) is 68.6. The third-order valence-electron chi connectivity index (χ3n) is 17.4. The maximum atomic E-state index is 13.1. The van der Waals surface area contributed by atoms with Crippen LogP contribution in [0.4, 0.5) is 0 Å². The molecule has 0 rings (SSSR count). The van der Waals surface area contributed by atoms with Crippen molar-refractivity contribution in [2.24, 2.45) is 0 Å². The van der Waals surface area contributed by atoms with Crippen LogP contribution in [0.25, 0.3) is 0 Å². The van der Waals surface area contributed by atoms with Gasteiger partial charge in [0.1, 0.15) is 19.3 Å². The van der Waals surface area contributed by atoms with Crippen LogP contribution < -0.4 is 0 Å². The molecule has 0 aromatic heterocycles. The average molecular weight is 1530 g/mol. The summed E-state index contributed by atoms with van der Waals surface area (Å²) in [5.74, 6) is -2.31. The van der Waals surface area contributed by atoms with Gasteiger partial charge in [-0.1, -0.05) is 310 Å². The molecule has 0 aromatic rings. The molecule has 0 spiro atoms. The number of phosphoric ester groups is 2. The van der Waals surface area contributed by atoms with Crippen molar-refractivity contribution in [1.29, 1.82) is 0 Å². The fraction of sp³-hybridized carbons (Fsp3) is 0.724. The van der Waals surface area contributed by atoms with Crippen LogP contribution in [0.5, 0.6) is 0 Å². The Balaban J connectivity index is 5.46. The largest absolute Gasteiger partial charge is 0.472 e. The van der Waals surface area contributed by atoms with E-state index in [1.165, 1.54) is 135 Å². The van der Waals surface area contributed by atoms with Crippen molar-refractivity contribution in [2.75, 3.05) is 39.6 Å². The molecule has 3 N–H and O–H groups in total. The summed E-state index contributed by atoms with van der Waals surface area (Å²) in [7, 11) is -10.00. The van der Waals surface area contributed by atoms with Crippen molar-refractivity contribution >= 4 is 39.5 Å². The van der Waals surface area contributed by atoms with E-state index in [-0.39, 0.29) is 25.7 Å². The quantitative estimate of drug-likeness (QED) is 0.0169. The van der Waals surface area contributed by atoms with Crippen molar-refractivity contribution in [3.8, 4) is 0 Å². The van der Waals surface area contributed by atoms with Crippen LogP contribution in [-0.4, -0.2) is 96.7 Å². The van der Waals surface area contributed by atoms with Crippen molar-refractivity contribution < 1.29 is 80.2 Å². The molecule has 0 saturated carbocycles. The van der Waals surface area contributed by atoms with Gasteiger partial charge in [0, 0.05) is 25.7 Å². The van der Waals surface area contributed by atoms with Gasteiger partial charge in [0.2, 0.25) is 0 Å². The number of hydrogen-bond acceptors (Lipinski definition) is 15. The highest BCUT2D eigenvalue weighted by Gasteiger charge is 2.30. The molecule has 0 bridgehead atoms. The van der Waals surface area contributed by atoms with Gasteiger partial charge in [-0.25, -0.2) is 9.13 Å². The Hall–Kier alpha value is -4.54. The van der Waals surface area contributed by atoms with Crippen molar-refractivity contribution in [3.05, 3.63) is 122 Å². The first-order valence-corrected chi connectivity index (χ1v) is 44.8. The molecular formula is C87H150O17P2. The number of aliphatic hydroxyl groups is 1. The minimum Gasteiger partial charge on any atom is -0.462 e. The molecule has 610 valence electrons. The van der Waals surface area contributed by atoms with E-state index in [2.05, 4.69) is 125 Å². The van der Waals surface area contributed by atoms with Crippen LogP contribution in [0.1, 0.15) is 349 Å². The average Bonchev–Trinajstić information content (AvgIpc) is 0.901. The first-order chi connectivity index (χ1) is 51.7. The summed E-state index contributed by atoms with van der Waals surface area (Å²) >= 11 is 0. The zero-order chi connectivity index (χ0) is 77.4. The highest BCUT2D eigenvalue weighted by atomic mass is 31.2. The molecule has 106 heavy (non-hydrogen) atoms. The molecule has 5 atom stereocenters. The molecule has 19 heteroatoms. The summed E-state index contributed by atoms with van der Waals surface area (Å²) < 4.78 is 68.6. The van der Waals surface area contributed by atoms with Gasteiger partial charge in [0.25, 0.3) is 0 Å². The number of allylic oxidation sites excluding steroid dienone is 20. The van der Waals surface area contributed by atoms with E-state index in [1.54, 1.807) is 0 Å². The normalized spacial score (nSPS) is 14.4. The summed E-state index contributed by atoms with van der Waals surface area (Å²) in [5, 5.41) is 10.7. The Morgan fingerprint density at radius 2 is 0.472 bits per heavy atom. The summed E-state index contributed by atoms with van der Waals surface area (Å²) in [6.07, 6.45) is 87.5. The van der Waals surface area contributed by atoms with Crippen LogP contribution in [-0.2, 0) is 65.4 Å². The maximum absolute atomic E-state index is 13.1. The lowest BCUT2D eigenvalue weighted by atomic mass is 10.0. The van der Waals surface area contributed by atoms with Crippen molar-refractivity contribution in [1.82, 2.24) is 0 Å². The molecule has 0 radical (unpaired) electrons. The second-order valence-electron chi connectivity index (χ2n) is 27.7. The fourth-order valence-corrected chi connectivity index (χ4v) is 12.6. The Morgan fingerprint density at radius 3 is 0.755 bits per heavy atom. The Bertz CT molecular complexity index is 2480. The number of phosphoric acid groups is 2. The Kier molecular flexibility index (Phi) is 75.2. The molecule has 0 fully saturated rings.